The van der Waals surface area contributed by atoms with Gasteiger partial charge in [0.2, 0.25) is 0 Å². The van der Waals surface area contributed by atoms with Gasteiger partial charge in [0.15, 0.2) is 0 Å². The van der Waals surface area contributed by atoms with Gasteiger partial charge in [-0.1, -0.05) is 19.8 Å². The number of hydrazine groups is 1. The minimum atomic E-state index is -0.0457. The van der Waals surface area contributed by atoms with E-state index in [9.17, 15) is 4.79 Å². The second-order valence-corrected chi connectivity index (χ2v) is 5.36. The number of pyridine rings is 1. The van der Waals surface area contributed by atoms with Gasteiger partial charge in [-0.15, -0.1) is 0 Å². The number of nitrogens with two attached hydrogens (primary N) is 1. The van der Waals surface area contributed by atoms with Crippen molar-refractivity contribution in [2.75, 3.05) is 5.43 Å². The summed E-state index contributed by atoms with van der Waals surface area (Å²) in [6.45, 7) is 2.28. The molecule has 1 saturated carbocycles. The van der Waals surface area contributed by atoms with Crippen LogP contribution in [0.1, 0.15) is 49.4 Å². The first-order valence-corrected chi connectivity index (χ1v) is 6.92. The quantitative estimate of drug-likeness (QED) is 0.442. The summed E-state index contributed by atoms with van der Waals surface area (Å²) < 4.78 is 0. The highest BCUT2D eigenvalue weighted by molar-refractivity contribution is 5.94. The van der Waals surface area contributed by atoms with Crippen LogP contribution in [0.25, 0.3) is 0 Å². The molecule has 2 unspecified atom stereocenters. The first-order valence-electron chi connectivity index (χ1n) is 6.92. The highest BCUT2D eigenvalue weighted by Crippen LogP contribution is 2.22. The van der Waals surface area contributed by atoms with Crippen LogP contribution in [-0.2, 0) is 0 Å². The lowest BCUT2D eigenvalue weighted by Crippen LogP contribution is -2.34. The Morgan fingerprint density at radius 2 is 2.16 bits per heavy atom. The zero-order valence-electron chi connectivity index (χ0n) is 11.4. The average molecular weight is 262 g/mol. The smallest absolute Gasteiger partial charge is 0.253 e. The van der Waals surface area contributed by atoms with E-state index in [4.69, 9.17) is 5.84 Å². The summed E-state index contributed by atoms with van der Waals surface area (Å²) >= 11 is 0. The van der Waals surface area contributed by atoms with Crippen LogP contribution < -0.4 is 16.6 Å². The molecule has 1 aliphatic rings. The molecule has 1 fully saturated rings. The van der Waals surface area contributed by atoms with Gasteiger partial charge in [-0.2, -0.15) is 0 Å². The van der Waals surface area contributed by atoms with Crippen LogP contribution in [0.2, 0.25) is 0 Å². The number of nitrogens with one attached hydrogen (secondary N) is 2. The molecule has 0 aromatic carbocycles. The van der Waals surface area contributed by atoms with Gasteiger partial charge < -0.3 is 10.7 Å². The summed E-state index contributed by atoms with van der Waals surface area (Å²) in [4.78, 5) is 16.1. The number of anilines is 1. The number of aromatic nitrogens is 1. The monoisotopic (exact) mass is 262 g/mol. The zero-order chi connectivity index (χ0) is 13.7. The minimum absolute atomic E-state index is 0.0457. The molecule has 0 spiro atoms. The minimum Gasteiger partial charge on any atom is -0.349 e. The maximum absolute atomic E-state index is 12.1. The SMILES string of the molecule is CC1CCCC(NC(=O)c2ccc(NN)nc2)CC1. The fraction of sp³-hybridized carbons (Fsp3) is 0.571. The summed E-state index contributed by atoms with van der Waals surface area (Å²) in [6.07, 6.45) is 7.35. The van der Waals surface area contributed by atoms with Gasteiger partial charge in [-0.3, -0.25) is 4.79 Å². The normalized spacial score (nSPS) is 23.5. The molecule has 4 N–H and O–H groups in total. The second-order valence-electron chi connectivity index (χ2n) is 5.36. The number of nitrogen functional groups attached to an aromatic ring is 1. The van der Waals surface area contributed by atoms with Gasteiger partial charge in [0.05, 0.1) is 5.56 Å². The largest absolute Gasteiger partial charge is 0.349 e. The summed E-state index contributed by atoms with van der Waals surface area (Å²) in [5.41, 5.74) is 3.02. The lowest BCUT2D eigenvalue weighted by Gasteiger charge is -2.16. The third-order valence-corrected chi connectivity index (χ3v) is 3.77. The Kier molecular flexibility index (Phi) is 4.74. The Morgan fingerprint density at radius 3 is 2.84 bits per heavy atom. The first kappa shape index (κ1) is 13.8. The third-order valence-electron chi connectivity index (χ3n) is 3.77. The Morgan fingerprint density at radius 1 is 1.32 bits per heavy atom. The molecule has 1 aromatic heterocycles. The van der Waals surface area contributed by atoms with Gasteiger partial charge in [0, 0.05) is 12.2 Å². The van der Waals surface area contributed by atoms with E-state index in [-0.39, 0.29) is 5.91 Å². The molecule has 0 aliphatic heterocycles. The lowest BCUT2D eigenvalue weighted by atomic mass is 10.0. The van der Waals surface area contributed by atoms with E-state index in [0.717, 1.165) is 18.8 Å². The van der Waals surface area contributed by atoms with Crippen molar-refractivity contribution in [1.82, 2.24) is 10.3 Å². The van der Waals surface area contributed by atoms with E-state index in [2.05, 4.69) is 22.7 Å². The van der Waals surface area contributed by atoms with Crippen molar-refractivity contribution < 1.29 is 4.79 Å². The highest BCUT2D eigenvalue weighted by Gasteiger charge is 2.18. The van der Waals surface area contributed by atoms with E-state index >= 15 is 0 Å². The van der Waals surface area contributed by atoms with Crippen LogP contribution in [0, 0.1) is 5.92 Å². The van der Waals surface area contributed by atoms with E-state index in [1.54, 1.807) is 18.3 Å². The average Bonchev–Trinajstić information content (AvgIpc) is 2.64. The molecular formula is C14H22N4O. The molecule has 104 valence electrons. The highest BCUT2D eigenvalue weighted by atomic mass is 16.1. The van der Waals surface area contributed by atoms with Crippen molar-refractivity contribution >= 4 is 11.7 Å². The standard InChI is InChI=1S/C14H22N4O/c1-10-3-2-4-12(7-5-10)17-14(19)11-6-8-13(18-15)16-9-11/h6,8-10,12H,2-5,7,15H2,1H3,(H,16,18)(H,17,19). The Labute approximate surface area is 114 Å². The van der Waals surface area contributed by atoms with Crippen LogP contribution in [-0.4, -0.2) is 16.9 Å². The summed E-state index contributed by atoms with van der Waals surface area (Å²) in [5.74, 6) is 6.53. The number of hydrogen-bond acceptors (Lipinski definition) is 4. The van der Waals surface area contributed by atoms with E-state index in [1.807, 2.05) is 0 Å². The molecule has 1 aromatic rings. The molecule has 0 bridgehead atoms. The predicted octanol–water partition coefficient (Wildman–Crippen LogP) is 2.07. The number of nitrogens with zero attached hydrogens (tertiary/aromatic N) is 1. The molecule has 1 amide bonds. The maximum atomic E-state index is 12.1. The molecule has 0 saturated heterocycles. The summed E-state index contributed by atoms with van der Waals surface area (Å²) in [6, 6.07) is 3.73. The first-order chi connectivity index (χ1) is 9.19. The molecule has 2 rings (SSSR count). The van der Waals surface area contributed by atoms with Crippen molar-refractivity contribution in [3.8, 4) is 0 Å². The number of carbonyl (C=O) groups is 1. The fourth-order valence-electron chi connectivity index (χ4n) is 2.51. The van der Waals surface area contributed by atoms with Crippen molar-refractivity contribution in [2.24, 2.45) is 11.8 Å². The predicted molar refractivity (Wildman–Crippen MR) is 75.6 cm³/mol. The molecule has 1 aliphatic carbocycles. The molecule has 2 atom stereocenters. The summed E-state index contributed by atoms with van der Waals surface area (Å²) in [7, 11) is 0. The fourth-order valence-corrected chi connectivity index (χ4v) is 2.51. The molecule has 19 heavy (non-hydrogen) atoms. The van der Waals surface area contributed by atoms with Crippen molar-refractivity contribution in [3.05, 3.63) is 23.9 Å². The van der Waals surface area contributed by atoms with Gasteiger partial charge >= 0.3 is 0 Å². The van der Waals surface area contributed by atoms with Crippen molar-refractivity contribution in [1.29, 1.82) is 0 Å². The van der Waals surface area contributed by atoms with Crippen LogP contribution in [0.4, 0.5) is 5.82 Å². The van der Waals surface area contributed by atoms with Gasteiger partial charge in [-0.25, -0.2) is 10.8 Å². The van der Waals surface area contributed by atoms with Crippen molar-refractivity contribution in [3.63, 3.8) is 0 Å². The Bertz CT molecular complexity index is 418. The van der Waals surface area contributed by atoms with Crippen LogP contribution in [0.3, 0.4) is 0 Å². The molecule has 0 radical (unpaired) electrons. The van der Waals surface area contributed by atoms with Crippen LogP contribution in [0.5, 0.6) is 0 Å². The van der Waals surface area contributed by atoms with Crippen molar-refractivity contribution in [2.45, 2.75) is 45.1 Å². The number of amides is 1. The van der Waals surface area contributed by atoms with E-state index in [0.29, 0.717) is 17.4 Å². The van der Waals surface area contributed by atoms with Gasteiger partial charge in [0.1, 0.15) is 5.82 Å². The number of carbonyl (C=O) groups excluding carboxylic acids is 1. The number of hydrogen-bond donors (Lipinski definition) is 3. The van der Waals surface area contributed by atoms with E-state index < -0.39 is 0 Å². The molecule has 5 nitrogen and oxygen atoms in total. The lowest BCUT2D eigenvalue weighted by molar-refractivity contribution is 0.0933. The second kappa shape index (κ2) is 6.52. The topological polar surface area (TPSA) is 80.0 Å². The van der Waals surface area contributed by atoms with Gasteiger partial charge in [0.25, 0.3) is 5.91 Å². The Balaban J connectivity index is 1.92. The number of rotatable bonds is 3. The maximum Gasteiger partial charge on any atom is 0.253 e. The zero-order valence-corrected chi connectivity index (χ0v) is 11.4. The van der Waals surface area contributed by atoms with Crippen LogP contribution >= 0.6 is 0 Å². The Hall–Kier alpha value is -1.62. The summed E-state index contributed by atoms with van der Waals surface area (Å²) in [5, 5.41) is 3.10. The van der Waals surface area contributed by atoms with E-state index in [1.165, 1.54) is 19.3 Å². The van der Waals surface area contributed by atoms with Gasteiger partial charge in [-0.05, 0) is 37.3 Å². The molecular weight excluding hydrogens is 240 g/mol. The molecule has 1 heterocycles. The molecule has 5 heteroatoms. The van der Waals surface area contributed by atoms with Crippen LogP contribution in [0.15, 0.2) is 18.3 Å². The third kappa shape index (κ3) is 3.92.